The third-order valence-corrected chi connectivity index (χ3v) is 7.97. The highest BCUT2D eigenvalue weighted by molar-refractivity contribution is 7.95. The summed E-state index contributed by atoms with van der Waals surface area (Å²) < 4.78 is 46.0. The predicted molar refractivity (Wildman–Crippen MR) is 73.6 cm³/mol. The van der Waals surface area contributed by atoms with Crippen molar-refractivity contribution in [3.8, 4) is 0 Å². The van der Waals surface area contributed by atoms with Gasteiger partial charge in [-0.2, -0.15) is 0 Å². The summed E-state index contributed by atoms with van der Waals surface area (Å²) in [6.45, 7) is -0.746. The molecule has 126 valence electrons. The van der Waals surface area contributed by atoms with Gasteiger partial charge in [-0.15, -0.1) is 11.3 Å². The number of fused-ring (bicyclic) bond motifs is 1. The van der Waals surface area contributed by atoms with Crippen LogP contribution < -0.4 is 10.5 Å². The molecule has 1 aliphatic rings. The van der Waals surface area contributed by atoms with Gasteiger partial charge in [0.05, 0.1) is 6.54 Å². The Labute approximate surface area is 129 Å². The number of aliphatic hydroxyl groups is 4. The van der Waals surface area contributed by atoms with Crippen molar-refractivity contribution in [1.82, 2.24) is 5.32 Å². The van der Waals surface area contributed by atoms with Crippen molar-refractivity contribution < 1.29 is 37.3 Å². The van der Waals surface area contributed by atoms with E-state index in [1.807, 2.05) is 0 Å². The molecule has 0 fully saturated rings. The van der Waals surface area contributed by atoms with Gasteiger partial charge in [-0.1, -0.05) is 0 Å². The molecule has 2 rings (SSSR count). The molecule has 1 aromatic heterocycles. The Morgan fingerprint density at radius 2 is 2.00 bits per heavy atom. The van der Waals surface area contributed by atoms with Gasteiger partial charge in [0.2, 0.25) is 19.9 Å². The van der Waals surface area contributed by atoms with E-state index in [1.165, 1.54) is 0 Å². The van der Waals surface area contributed by atoms with Crippen molar-refractivity contribution in [2.24, 2.45) is 5.14 Å². The van der Waals surface area contributed by atoms with Crippen LogP contribution in [0.2, 0.25) is 0 Å². The Bertz CT molecular complexity index is 776. The number of nitrogens with two attached hydrogens (primary N) is 1. The molecule has 7 N–H and O–H groups in total. The zero-order valence-electron chi connectivity index (χ0n) is 10.9. The molecule has 10 nitrogen and oxygen atoms in total. The topological polar surface area (TPSA) is 187 Å². The molecule has 0 aromatic carbocycles. The first-order valence-electron chi connectivity index (χ1n) is 5.81. The second-order valence-corrected chi connectivity index (χ2v) is 9.94. The standard InChI is InChI=1S/C9H14N2O8S3/c10-22(18,19)7-1-4-5(11-3-9(13,14)15)2-6(12)21(16,17)8(4)20-7/h1,5-6,11-15H,2-3H2,(H2,10,18,19). The van der Waals surface area contributed by atoms with Crippen LogP contribution in [0, 0.1) is 0 Å². The second-order valence-electron chi connectivity index (χ2n) is 4.80. The molecule has 2 atom stereocenters. The SMILES string of the molecule is NS(=O)(=O)c1cc2c(s1)S(=O)(=O)C(O)CC2NCC(O)(O)O. The molecule has 0 saturated heterocycles. The molecule has 0 aliphatic carbocycles. The van der Waals surface area contributed by atoms with Crippen molar-refractivity contribution in [1.29, 1.82) is 0 Å². The van der Waals surface area contributed by atoms with Crippen LogP contribution in [0.3, 0.4) is 0 Å². The number of aliphatic hydroxyl groups excluding tert-OH is 1. The second kappa shape index (κ2) is 5.47. The molecule has 0 radical (unpaired) electrons. The maximum atomic E-state index is 12.0. The lowest BCUT2D eigenvalue weighted by molar-refractivity contribution is -0.307. The van der Waals surface area contributed by atoms with Crippen molar-refractivity contribution in [3.63, 3.8) is 0 Å². The van der Waals surface area contributed by atoms with Crippen molar-refractivity contribution >= 4 is 31.2 Å². The maximum Gasteiger partial charge on any atom is 0.288 e. The van der Waals surface area contributed by atoms with E-state index in [0.717, 1.165) is 6.07 Å². The summed E-state index contributed by atoms with van der Waals surface area (Å²) in [6.07, 6.45) is -0.355. The molecule has 22 heavy (non-hydrogen) atoms. The maximum absolute atomic E-state index is 12.0. The van der Waals surface area contributed by atoms with Gasteiger partial charge in [0, 0.05) is 18.0 Å². The molecule has 0 saturated carbocycles. The third kappa shape index (κ3) is 3.47. The lowest BCUT2D eigenvalue weighted by Crippen LogP contribution is -2.44. The number of sulfone groups is 1. The van der Waals surface area contributed by atoms with Crippen LogP contribution in [-0.2, 0) is 19.9 Å². The van der Waals surface area contributed by atoms with E-state index in [1.54, 1.807) is 0 Å². The van der Waals surface area contributed by atoms with Crippen LogP contribution in [0.15, 0.2) is 14.5 Å². The molecular weight excluding hydrogens is 360 g/mol. The number of sulfonamides is 1. The number of hydrogen-bond donors (Lipinski definition) is 6. The van der Waals surface area contributed by atoms with E-state index in [4.69, 9.17) is 20.5 Å². The smallest absolute Gasteiger partial charge is 0.288 e. The minimum atomic E-state index is -4.13. The minimum absolute atomic E-state index is 0.0311. The summed E-state index contributed by atoms with van der Waals surface area (Å²) in [5.74, 6) is -3.04. The van der Waals surface area contributed by atoms with E-state index < -0.39 is 48.1 Å². The molecule has 0 spiro atoms. The van der Waals surface area contributed by atoms with Gasteiger partial charge >= 0.3 is 0 Å². The third-order valence-electron chi connectivity index (χ3n) is 3.00. The van der Waals surface area contributed by atoms with Crippen LogP contribution >= 0.6 is 11.3 Å². The molecule has 0 bridgehead atoms. The number of primary sulfonamides is 1. The van der Waals surface area contributed by atoms with Crippen LogP contribution in [0.4, 0.5) is 0 Å². The first-order valence-corrected chi connectivity index (χ1v) is 9.72. The Balaban J connectivity index is 2.48. The average molecular weight is 374 g/mol. The molecule has 2 heterocycles. The highest BCUT2D eigenvalue weighted by Gasteiger charge is 2.41. The fraction of sp³-hybridized carbons (Fsp3) is 0.556. The highest BCUT2D eigenvalue weighted by Crippen LogP contribution is 2.41. The zero-order valence-corrected chi connectivity index (χ0v) is 13.3. The Morgan fingerprint density at radius 3 is 2.50 bits per heavy atom. The van der Waals surface area contributed by atoms with Crippen molar-refractivity contribution in [3.05, 3.63) is 11.6 Å². The van der Waals surface area contributed by atoms with Gasteiger partial charge in [0.25, 0.3) is 5.97 Å². The molecule has 1 aromatic rings. The fourth-order valence-corrected chi connectivity index (χ4v) is 6.14. The molecule has 1 aliphatic heterocycles. The van der Waals surface area contributed by atoms with Crippen LogP contribution in [0.25, 0.3) is 0 Å². The van der Waals surface area contributed by atoms with E-state index in [2.05, 4.69) is 5.32 Å². The largest absolute Gasteiger partial charge is 0.377 e. The predicted octanol–water partition coefficient (Wildman–Crippen LogP) is -2.85. The normalized spacial score (nSPS) is 25.0. The lowest BCUT2D eigenvalue weighted by atomic mass is 10.1. The molecular formula is C9H14N2O8S3. The summed E-state index contributed by atoms with van der Waals surface area (Å²) in [6, 6.07) is 0.135. The first kappa shape index (κ1) is 17.7. The summed E-state index contributed by atoms with van der Waals surface area (Å²) in [7, 11) is -8.26. The Kier molecular flexibility index (Phi) is 4.40. The quantitative estimate of drug-likeness (QED) is 0.301. The van der Waals surface area contributed by atoms with Crippen LogP contribution in [-0.4, -0.2) is 55.2 Å². The van der Waals surface area contributed by atoms with E-state index in [0.29, 0.717) is 11.3 Å². The van der Waals surface area contributed by atoms with Crippen molar-refractivity contribution in [2.45, 2.75) is 32.3 Å². The van der Waals surface area contributed by atoms with Gasteiger partial charge in [-0.3, -0.25) is 0 Å². The van der Waals surface area contributed by atoms with Gasteiger partial charge in [-0.05, 0) is 6.07 Å². The number of hydrogen-bond acceptors (Lipinski definition) is 10. The van der Waals surface area contributed by atoms with Gasteiger partial charge < -0.3 is 25.7 Å². The Morgan fingerprint density at radius 1 is 1.41 bits per heavy atom. The van der Waals surface area contributed by atoms with Crippen LogP contribution in [0.5, 0.6) is 0 Å². The van der Waals surface area contributed by atoms with E-state index in [9.17, 15) is 21.9 Å². The molecule has 2 unspecified atom stereocenters. The first-order chi connectivity index (χ1) is 9.82. The summed E-state index contributed by atoms with van der Waals surface area (Å²) >= 11 is 0.402. The van der Waals surface area contributed by atoms with Gasteiger partial charge in [0.15, 0.2) is 5.44 Å². The number of thiophene rings is 1. The fourth-order valence-electron chi connectivity index (χ4n) is 2.00. The summed E-state index contributed by atoms with van der Waals surface area (Å²) in [4.78, 5) is 0. The minimum Gasteiger partial charge on any atom is -0.377 e. The number of nitrogens with one attached hydrogen (secondary N) is 1. The summed E-state index contributed by atoms with van der Waals surface area (Å²) in [5.41, 5.74) is -1.77. The molecule has 0 amide bonds. The van der Waals surface area contributed by atoms with Gasteiger partial charge in [0.1, 0.15) is 8.42 Å². The van der Waals surface area contributed by atoms with Gasteiger partial charge in [-0.25, -0.2) is 22.0 Å². The lowest BCUT2D eigenvalue weighted by Gasteiger charge is -2.28. The number of rotatable bonds is 4. The highest BCUT2D eigenvalue weighted by atomic mass is 32.3. The molecule has 13 heteroatoms. The average Bonchev–Trinajstić information content (AvgIpc) is 2.77. The van der Waals surface area contributed by atoms with Crippen LogP contribution in [0.1, 0.15) is 18.0 Å². The van der Waals surface area contributed by atoms with Crippen molar-refractivity contribution in [2.75, 3.05) is 6.54 Å². The zero-order chi connectivity index (χ0) is 16.9. The summed E-state index contributed by atoms with van der Waals surface area (Å²) in [5, 5.41) is 43.7. The van der Waals surface area contributed by atoms with E-state index >= 15 is 0 Å². The monoisotopic (exact) mass is 374 g/mol. The Hall–Kier alpha value is -0.640. The van der Waals surface area contributed by atoms with E-state index in [-0.39, 0.29) is 16.2 Å².